The van der Waals surface area contributed by atoms with Crippen LogP contribution < -0.4 is 4.90 Å². The van der Waals surface area contributed by atoms with Gasteiger partial charge >= 0.3 is 5.97 Å². The van der Waals surface area contributed by atoms with Crippen LogP contribution in [0, 0.1) is 13.8 Å². The Hall–Kier alpha value is -2.49. The lowest BCUT2D eigenvalue weighted by Gasteiger charge is -2.18. The van der Waals surface area contributed by atoms with Gasteiger partial charge in [0.15, 0.2) is 0 Å². The fraction of sp³-hybridized carbons (Fsp3) is 0.222. The van der Waals surface area contributed by atoms with E-state index in [1.54, 1.807) is 35.4 Å². The van der Waals surface area contributed by atoms with Gasteiger partial charge in [-0.1, -0.05) is 16.8 Å². The first-order valence-corrected chi connectivity index (χ1v) is 10.4. The van der Waals surface area contributed by atoms with Gasteiger partial charge in [-0.2, -0.15) is 0 Å². The van der Waals surface area contributed by atoms with Gasteiger partial charge in [-0.3, -0.25) is 0 Å². The average Bonchev–Trinajstić information content (AvgIpc) is 3.36. The maximum Gasteiger partial charge on any atom is 0.342 e. The zero-order chi connectivity index (χ0) is 19.8. The van der Waals surface area contributed by atoms with Crippen molar-refractivity contribution in [3.05, 3.63) is 44.9 Å². The monoisotopic (exact) mass is 434 g/mol. The fourth-order valence-electron chi connectivity index (χ4n) is 2.72. The molecule has 4 heterocycles. The summed E-state index contributed by atoms with van der Waals surface area (Å²) in [6.45, 7) is 5.84. The van der Waals surface area contributed by atoms with Crippen molar-refractivity contribution in [2.75, 3.05) is 11.5 Å². The van der Waals surface area contributed by atoms with Crippen LogP contribution in [0.1, 0.15) is 27.0 Å². The van der Waals surface area contributed by atoms with Crippen LogP contribution in [-0.2, 0) is 4.74 Å². The lowest BCUT2D eigenvalue weighted by molar-refractivity contribution is 0.0528. The number of thiophene rings is 2. The van der Waals surface area contributed by atoms with E-state index in [2.05, 4.69) is 15.1 Å². The van der Waals surface area contributed by atoms with Crippen molar-refractivity contribution < 1.29 is 14.1 Å². The summed E-state index contributed by atoms with van der Waals surface area (Å²) in [6.07, 6.45) is 3.26. The maximum atomic E-state index is 12.6. The second kappa shape index (κ2) is 7.50. The standard InChI is InChI=1S/C18H15ClN4O3S2/c1-4-25-17(24)13-14(19)10(3)28-16(13)23(12-5-6-21-26-12)18-20-8-11-7-9(2)27-15(11)22-18/h5-8H,4H2,1-3H3. The van der Waals surface area contributed by atoms with Crippen LogP contribution in [0.4, 0.5) is 16.8 Å². The Morgan fingerprint density at radius 2 is 2.18 bits per heavy atom. The molecule has 0 saturated carbocycles. The fourth-order valence-corrected chi connectivity index (χ4v) is 4.94. The van der Waals surface area contributed by atoms with E-state index in [0.29, 0.717) is 21.9 Å². The lowest BCUT2D eigenvalue weighted by Crippen LogP contribution is -2.15. The Kier molecular flexibility index (Phi) is 5.05. The zero-order valence-corrected chi connectivity index (χ0v) is 17.6. The second-order valence-electron chi connectivity index (χ2n) is 5.85. The number of ether oxygens (including phenoxy) is 1. The molecule has 0 radical (unpaired) electrons. The first kappa shape index (κ1) is 18.9. The Morgan fingerprint density at radius 3 is 2.89 bits per heavy atom. The molecule has 4 aromatic rings. The number of halogens is 1. The summed E-state index contributed by atoms with van der Waals surface area (Å²) in [5.74, 6) is 0.218. The number of anilines is 3. The van der Waals surface area contributed by atoms with Crippen molar-refractivity contribution in [1.82, 2.24) is 15.1 Å². The highest BCUT2D eigenvalue weighted by atomic mass is 35.5. The van der Waals surface area contributed by atoms with Gasteiger partial charge in [-0.05, 0) is 26.8 Å². The number of hydrogen-bond donors (Lipinski definition) is 0. The van der Waals surface area contributed by atoms with Gasteiger partial charge in [0.25, 0.3) is 0 Å². The minimum absolute atomic E-state index is 0.239. The van der Waals surface area contributed by atoms with E-state index >= 15 is 0 Å². The molecule has 7 nitrogen and oxygen atoms in total. The molecule has 0 saturated heterocycles. The van der Waals surface area contributed by atoms with Crippen molar-refractivity contribution >= 4 is 67.3 Å². The lowest BCUT2D eigenvalue weighted by atomic mass is 10.2. The van der Waals surface area contributed by atoms with E-state index in [9.17, 15) is 4.79 Å². The summed E-state index contributed by atoms with van der Waals surface area (Å²) in [4.78, 5) is 26.1. The second-order valence-corrected chi connectivity index (χ2v) is 8.66. The van der Waals surface area contributed by atoms with Gasteiger partial charge in [-0.25, -0.2) is 19.7 Å². The SMILES string of the molecule is CCOC(=O)c1c(N(c2ncc3cc(C)sc3n2)c2ccno2)sc(C)c1Cl. The maximum absolute atomic E-state index is 12.6. The highest BCUT2D eigenvalue weighted by Gasteiger charge is 2.30. The van der Waals surface area contributed by atoms with Crippen LogP contribution in [0.3, 0.4) is 0 Å². The molecule has 0 fully saturated rings. The van der Waals surface area contributed by atoms with Gasteiger partial charge in [0.1, 0.15) is 15.4 Å². The summed E-state index contributed by atoms with van der Waals surface area (Å²) in [6, 6.07) is 3.70. The molecule has 0 unspecified atom stereocenters. The van der Waals surface area contributed by atoms with Crippen molar-refractivity contribution in [1.29, 1.82) is 0 Å². The van der Waals surface area contributed by atoms with Gasteiger partial charge in [-0.15, -0.1) is 22.7 Å². The first-order valence-electron chi connectivity index (χ1n) is 8.39. The van der Waals surface area contributed by atoms with E-state index in [1.165, 1.54) is 17.5 Å². The largest absolute Gasteiger partial charge is 0.462 e. The number of esters is 1. The van der Waals surface area contributed by atoms with Crippen LogP contribution >= 0.6 is 34.3 Å². The molecule has 0 atom stereocenters. The molecular weight excluding hydrogens is 420 g/mol. The Morgan fingerprint density at radius 1 is 1.36 bits per heavy atom. The van der Waals surface area contributed by atoms with Crippen molar-refractivity contribution in [3.63, 3.8) is 0 Å². The van der Waals surface area contributed by atoms with E-state index in [1.807, 2.05) is 19.9 Å². The Balaban J connectivity index is 1.93. The number of hydrogen-bond acceptors (Lipinski definition) is 9. The molecule has 144 valence electrons. The highest BCUT2D eigenvalue weighted by molar-refractivity contribution is 7.18. The van der Waals surface area contributed by atoms with Crippen molar-refractivity contribution in [2.45, 2.75) is 20.8 Å². The molecule has 28 heavy (non-hydrogen) atoms. The van der Waals surface area contributed by atoms with Crippen molar-refractivity contribution in [2.24, 2.45) is 0 Å². The molecule has 0 N–H and O–H groups in total. The molecule has 0 amide bonds. The molecule has 0 bridgehead atoms. The topological polar surface area (TPSA) is 81.4 Å². The molecular formula is C18H15ClN4O3S2. The summed E-state index contributed by atoms with van der Waals surface area (Å²) in [7, 11) is 0. The third-order valence-electron chi connectivity index (χ3n) is 3.90. The van der Waals surface area contributed by atoms with Crippen LogP contribution in [-0.4, -0.2) is 27.7 Å². The van der Waals surface area contributed by atoms with Crippen LogP contribution in [0.15, 0.2) is 29.0 Å². The minimum Gasteiger partial charge on any atom is -0.462 e. The predicted molar refractivity (Wildman–Crippen MR) is 110 cm³/mol. The summed E-state index contributed by atoms with van der Waals surface area (Å²) >= 11 is 9.33. The number of aryl methyl sites for hydroxylation is 2. The molecule has 0 spiro atoms. The van der Waals surface area contributed by atoms with Crippen LogP contribution in [0.2, 0.25) is 5.02 Å². The molecule has 4 aromatic heterocycles. The molecule has 0 aromatic carbocycles. The van der Waals surface area contributed by atoms with Crippen LogP contribution in [0.5, 0.6) is 0 Å². The third-order valence-corrected chi connectivity index (χ3v) is 6.54. The Labute approximate surface area is 173 Å². The normalized spacial score (nSPS) is 11.1. The first-order chi connectivity index (χ1) is 13.5. The van der Waals surface area contributed by atoms with Crippen LogP contribution in [0.25, 0.3) is 10.2 Å². The summed E-state index contributed by atoms with van der Waals surface area (Å²) < 4.78 is 10.6. The quantitative estimate of drug-likeness (QED) is 0.375. The van der Waals surface area contributed by atoms with Crippen molar-refractivity contribution in [3.8, 4) is 0 Å². The predicted octanol–water partition coefficient (Wildman–Crippen LogP) is 5.66. The van der Waals surface area contributed by atoms with E-state index in [0.717, 1.165) is 20.0 Å². The number of aromatic nitrogens is 3. The van der Waals surface area contributed by atoms with E-state index < -0.39 is 5.97 Å². The average molecular weight is 435 g/mol. The van der Waals surface area contributed by atoms with E-state index in [4.69, 9.17) is 20.9 Å². The van der Waals surface area contributed by atoms with E-state index in [-0.39, 0.29) is 12.2 Å². The van der Waals surface area contributed by atoms with Gasteiger partial charge in [0.2, 0.25) is 11.8 Å². The highest BCUT2D eigenvalue weighted by Crippen LogP contribution is 2.45. The molecule has 0 aliphatic carbocycles. The van der Waals surface area contributed by atoms with Gasteiger partial charge in [0, 0.05) is 27.4 Å². The van der Waals surface area contributed by atoms with Gasteiger partial charge < -0.3 is 9.26 Å². The summed E-state index contributed by atoms with van der Waals surface area (Å²) in [5, 5.41) is 5.60. The molecule has 0 aliphatic rings. The number of rotatable bonds is 5. The smallest absolute Gasteiger partial charge is 0.342 e. The molecule has 0 aliphatic heterocycles. The number of fused-ring (bicyclic) bond motifs is 1. The summed E-state index contributed by atoms with van der Waals surface area (Å²) in [5.41, 5.74) is 0.258. The minimum atomic E-state index is -0.510. The number of nitrogens with zero attached hydrogens (tertiary/aromatic N) is 4. The molecule has 10 heteroatoms. The number of carbonyl (C=O) groups excluding carboxylic acids is 1. The van der Waals surface area contributed by atoms with Gasteiger partial charge in [0.05, 0.1) is 17.8 Å². The zero-order valence-electron chi connectivity index (χ0n) is 15.2. The third kappa shape index (κ3) is 3.25. The Bertz CT molecular complexity index is 1150. The number of carbonyl (C=O) groups is 1. The molecule has 4 rings (SSSR count).